The Hall–Kier alpha value is -1.88. The highest BCUT2D eigenvalue weighted by molar-refractivity contribution is 6.31. The van der Waals surface area contributed by atoms with Gasteiger partial charge in [0.1, 0.15) is 6.54 Å². The predicted molar refractivity (Wildman–Crippen MR) is 97.3 cm³/mol. The van der Waals surface area contributed by atoms with E-state index in [0.29, 0.717) is 40.9 Å². The highest BCUT2D eigenvalue weighted by Crippen LogP contribution is 2.14. The molecule has 1 aromatic carbocycles. The molecule has 2 rings (SSSR count). The van der Waals surface area contributed by atoms with Gasteiger partial charge in [0.05, 0.1) is 17.2 Å². The first-order valence-electron chi connectivity index (χ1n) is 8.20. The number of rotatable bonds is 6. The van der Waals surface area contributed by atoms with Gasteiger partial charge in [0.15, 0.2) is 0 Å². The minimum atomic E-state index is -0.245. The molecule has 0 aliphatic heterocycles. The van der Waals surface area contributed by atoms with Gasteiger partial charge in [0.25, 0.3) is 5.56 Å². The van der Waals surface area contributed by atoms with Gasteiger partial charge in [-0.1, -0.05) is 39.3 Å². The molecule has 2 aromatic rings. The third-order valence-corrected chi connectivity index (χ3v) is 3.85. The lowest BCUT2D eigenvalue weighted by molar-refractivity contribution is -0.133. The molecule has 1 amide bonds. The first kappa shape index (κ1) is 18.5. The molecular formula is C18H24ClN3O2. The maximum atomic E-state index is 12.7. The fourth-order valence-electron chi connectivity index (χ4n) is 2.65. The predicted octanol–water partition coefficient (Wildman–Crippen LogP) is 3.19. The minimum absolute atomic E-state index is 0.00622. The highest BCUT2D eigenvalue weighted by atomic mass is 35.5. The normalized spacial score (nSPS) is 11.5. The molecular weight excluding hydrogens is 326 g/mol. The molecule has 0 saturated carbocycles. The van der Waals surface area contributed by atoms with Crippen molar-refractivity contribution < 1.29 is 4.79 Å². The summed E-state index contributed by atoms with van der Waals surface area (Å²) in [5, 5.41) is 0.906. The second kappa shape index (κ2) is 7.79. The Bertz CT molecular complexity index is 773. The summed E-state index contributed by atoms with van der Waals surface area (Å²) < 4.78 is 1.36. The number of hydrogen-bond donors (Lipinski definition) is 0. The van der Waals surface area contributed by atoms with Crippen molar-refractivity contribution in [3.05, 3.63) is 39.9 Å². The maximum absolute atomic E-state index is 12.7. The van der Waals surface area contributed by atoms with Gasteiger partial charge in [0.2, 0.25) is 5.91 Å². The maximum Gasteiger partial charge on any atom is 0.261 e. The molecule has 0 radical (unpaired) electrons. The fraction of sp³-hybridized carbons (Fsp3) is 0.500. The summed E-state index contributed by atoms with van der Waals surface area (Å²) in [4.78, 5) is 31.3. The first-order valence-corrected chi connectivity index (χ1v) is 8.58. The van der Waals surface area contributed by atoms with Crippen molar-refractivity contribution in [1.29, 1.82) is 0 Å². The van der Waals surface area contributed by atoms with E-state index in [4.69, 9.17) is 11.6 Å². The molecule has 0 aliphatic carbocycles. The van der Waals surface area contributed by atoms with Gasteiger partial charge in [-0.05, 0) is 30.0 Å². The van der Waals surface area contributed by atoms with Crippen molar-refractivity contribution >= 4 is 28.4 Å². The molecule has 1 aromatic heterocycles. The van der Waals surface area contributed by atoms with E-state index in [2.05, 4.69) is 32.7 Å². The Morgan fingerprint density at radius 3 is 2.42 bits per heavy atom. The van der Waals surface area contributed by atoms with Crippen molar-refractivity contribution in [2.24, 2.45) is 11.8 Å². The van der Waals surface area contributed by atoms with Crippen LogP contribution in [0.15, 0.2) is 29.3 Å². The van der Waals surface area contributed by atoms with E-state index in [-0.39, 0.29) is 18.0 Å². The zero-order valence-corrected chi connectivity index (χ0v) is 15.4. The van der Waals surface area contributed by atoms with Gasteiger partial charge in [-0.15, -0.1) is 0 Å². The van der Waals surface area contributed by atoms with Crippen LogP contribution in [-0.2, 0) is 11.3 Å². The van der Waals surface area contributed by atoms with Crippen LogP contribution in [0.3, 0.4) is 0 Å². The molecule has 0 unspecified atom stereocenters. The number of halogens is 1. The Morgan fingerprint density at radius 2 is 1.83 bits per heavy atom. The van der Waals surface area contributed by atoms with Crippen molar-refractivity contribution in [2.75, 3.05) is 13.1 Å². The Labute approximate surface area is 147 Å². The topological polar surface area (TPSA) is 55.2 Å². The van der Waals surface area contributed by atoms with Crippen LogP contribution in [0.25, 0.3) is 10.9 Å². The average Bonchev–Trinajstić information content (AvgIpc) is 2.49. The Morgan fingerprint density at radius 1 is 1.21 bits per heavy atom. The number of amides is 1. The van der Waals surface area contributed by atoms with E-state index >= 15 is 0 Å². The third-order valence-electron chi connectivity index (χ3n) is 3.62. The lowest BCUT2D eigenvalue weighted by atomic mass is 10.1. The number of fused-ring (bicyclic) bond motifs is 1. The number of hydrogen-bond acceptors (Lipinski definition) is 3. The fourth-order valence-corrected chi connectivity index (χ4v) is 2.82. The van der Waals surface area contributed by atoms with Crippen molar-refractivity contribution in [1.82, 2.24) is 14.5 Å². The van der Waals surface area contributed by atoms with Crippen LogP contribution in [0.1, 0.15) is 27.7 Å². The molecule has 0 spiro atoms. The van der Waals surface area contributed by atoms with E-state index < -0.39 is 0 Å². The van der Waals surface area contributed by atoms with Crippen molar-refractivity contribution in [2.45, 2.75) is 34.2 Å². The number of carbonyl (C=O) groups is 1. The van der Waals surface area contributed by atoms with Gasteiger partial charge in [-0.2, -0.15) is 0 Å². The van der Waals surface area contributed by atoms with Gasteiger partial charge < -0.3 is 4.90 Å². The molecule has 0 atom stereocenters. The van der Waals surface area contributed by atoms with E-state index in [9.17, 15) is 9.59 Å². The molecule has 0 bridgehead atoms. The lowest BCUT2D eigenvalue weighted by Crippen LogP contribution is -2.40. The monoisotopic (exact) mass is 349 g/mol. The summed E-state index contributed by atoms with van der Waals surface area (Å²) >= 11 is 5.96. The Kier molecular flexibility index (Phi) is 5.99. The molecule has 1 heterocycles. The number of carbonyl (C=O) groups excluding carboxylic acids is 1. The first-order chi connectivity index (χ1) is 11.3. The van der Waals surface area contributed by atoms with Gasteiger partial charge >= 0.3 is 0 Å². The van der Waals surface area contributed by atoms with Crippen LogP contribution in [0, 0.1) is 11.8 Å². The molecule has 24 heavy (non-hydrogen) atoms. The zero-order chi connectivity index (χ0) is 17.9. The van der Waals surface area contributed by atoms with E-state index in [1.165, 1.54) is 10.9 Å². The number of aromatic nitrogens is 2. The largest absolute Gasteiger partial charge is 0.341 e. The molecule has 0 aliphatic rings. The number of nitrogens with zero attached hydrogens (tertiary/aromatic N) is 3. The van der Waals surface area contributed by atoms with Crippen LogP contribution in [-0.4, -0.2) is 33.4 Å². The summed E-state index contributed by atoms with van der Waals surface area (Å²) in [6.45, 7) is 9.66. The van der Waals surface area contributed by atoms with Crippen molar-refractivity contribution in [3.8, 4) is 0 Å². The van der Waals surface area contributed by atoms with Gasteiger partial charge in [-0.3, -0.25) is 14.2 Å². The quantitative estimate of drug-likeness (QED) is 0.804. The molecule has 5 nitrogen and oxygen atoms in total. The van der Waals surface area contributed by atoms with Crippen LogP contribution in [0.5, 0.6) is 0 Å². The standard InChI is InChI=1S/C18H24ClN3O2/c1-12(2)8-21(9-13(3)4)17(23)10-22-11-20-16-6-5-14(19)7-15(16)18(22)24/h5-7,11-13H,8-10H2,1-4H3. The molecule has 0 saturated heterocycles. The lowest BCUT2D eigenvalue weighted by Gasteiger charge is -2.26. The molecule has 0 N–H and O–H groups in total. The molecule has 6 heteroatoms. The smallest absolute Gasteiger partial charge is 0.261 e. The van der Waals surface area contributed by atoms with E-state index in [0.717, 1.165) is 0 Å². The van der Waals surface area contributed by atoms with Crippen LogP contribution < -0.4 is 5.56 Å². The second-order valence-electron chi connectivity index (χ2n) is 6.93. The summed E-state index contributed by atoms with van der Waals surface area (Å²) in [6, 6.07) is 4.99. The van der Waals surface area contributed by atoms with Gasteiger partial charge in [0, 0.05) is 18.1 Å². The third kappa shape index (κ3) is 4.57. The molecule has 0 fully saturated rings. The Balaban J connectivity index is 2.28. The minimum Gasteiger partial charge on any atom is -0.341 e. The zero-order valence-electron chi connectivity index (χ0n) is 14.6. The SMILES string of the molecule is CC(C)CN(CC(C)C)C(=O)Cn1cnc2ccc(Cl)cc2c1=O. The van der Waals surface area contributed by atoms with Crippen LogP contribution >= 0.6 is 11.6 Å². The second-order valence-corrected chi connectivity index (χ2v) is 7.36. The summed E-state index contributed by atoms with van der Waals surface area (Å²) in [7, 11) is 0. The highest BCUT2D eigenvalue weighted by Gasteiger charge is 2.17. The van der Waals surface area contributed by atoms with E-state index in [1.807, 2.05) is 4.90 Å². The van der Waals surface area contributed by atoms with Gasteiger partial charge in [-0.25, -0.2) is 4.98 Å². The van der Waals surface area contributed by atoms with Crippen LogP contribution in [0.2, 0.25) is 5.02 Å². The van der Waals surface area contributed by atoms with Crippen LogP contribution in [0.4, 0.5) is 0 Å². The van der Waals surface area contributed by atoms with E-state index in [1.54, 1.807) is 18.2 Å². The number of benzene rings is 1. The summed E-state index contributed by atoms with van der Waals surface area (Å²) in [5.41, 5.74) is 0.333. The average molecular weight is 350 g/mol. The summed E-state index contributed by atoms with van der Waals surface area (Å²) in [5.74, 6) is 0.679. The molecule has 130 valence electrons. The summed E-state index contributed by atoms with van der Waals surface area (Å²) in [6.07, 6.45) is 1.43. The van der Waals surface area contributed by atoms with Crippen molar-refractivity contribution in [3.63, 3.8) is 0 Å².